The Labute approximate surface area is 109 Å². The first-order chi connectivity index (χ1) is 8.11. The van der Waals surface area contributed by atoms with Crippen LogP contribution in [-0.2, 0) is 0 Å². The summed E-state index contributed by atoms with van der Waals surface area (Å²) in [6, 6.07) is 8.41. The first kappa shape index (κ1) is 12.9. The SMILES string of the molecule is CC1CN(C(CN)c2ccc(Cl)cc2)CC1C. The van der Waals surface area contributed by atoms with Gasteiger partial charge in [-0.05, 0) is 29.5 Å². The van der Waals surface area contributed by atoms with E-state index in [9.17, 15) is 0 Å². The number of nitrogens with two attached hydrogens (primary N) is 1. The fraction of sp³-hybridized carbons (Fsp3) is 0.571. The molecule has 94 valence electrons. The van der Waals surface area contributed by atoms with E-state index in [-0.39, 0.29) is 0 Å². The van der Waals surface area contributed by atoms with Crippen molar-refractivity contribution in [1.29, 1.82) is 0 Å². The van der Waals surface area contributed by atoms with Crippen LogP contribution in [0.2, 0.25) is 5.02 Å². The van der Waals surface area contributed by atoms with Gasteiger partial charge in [-0.25, -0.2) is 0 Å². The van der Waals surface area contributed by atoms with Crippen LogP contribution in [0.15, 0.2) is 24.3 Å². The third-order valence-corrected chi connectivity index (χ3v) is 4.19. The highest BCUT2D eigenvalue weighted by molar-refractivity contribution is 6.30. The third kappa shape index (κ3) is 2.82. The van der Waals surface area contributed by atoms with Crippen LogP contribution >= 0.6 is 11.6 Å². The molecule has 1 fully saturated rings. The number of hydrogen-bond acceptors (Lipinski definition) is 2. The highest BCUT2D eigenvalue weighted by Gasteiger charge is 2.30. The lowest BCUT2D eigenvalue weighted by Gasteiger charge is -2.27. The van der Waals surface area contributed by atoms with Crippen molar-refractivity contribution in [2.45, 2.75) is 19.9 Å². The molecular weight excluding hydrogens is 232 g/mol. The van der Waals surface area contributed by atoms with Gasteiger partial charge in [0, 0.05) is 30.7 Å². The molecule has 2 rings (SSSR count). The van der Waals surface area contributed by atoms with Crippen LogP contribution in [0.1, 0.15) is 25.5 Å². The van der Waals surface area contributed by atoms with Gasteiger partial charge in [-0.15, -0.1) is 0 Å². The molecule has 2 N–H and O–H groups in total. The summed E-state index contributed by atoms with van der Waals surface area (Å²) in [4.78, 5) is 2.50. The number of halogens is 1. The summed E-state index contributed by atoms with van der Waals surface area (Å²) in [7, 11) is 0. The molecule has 1 saturated heterocycles. The second-order valence-corrected chi connectivity index (χ2v) is 5.65. The standard InChI is InChI=1S/C14H21ClN2/c1-10-8-17(9-11(10)2)14(7-16)12-3-5-13(15)6-4-12/h3-6,10-11,14H,7-9,16H2,1-2H3. The minimum atomic E-state index is 0.333. The molecule has 0 radical (unpaired) electrons. The van der Waals surface area contributed by atoms with Crippen molar-refractivity contribution in [2.75, 3.05) is 19.6 Å². The topological polar surface area (TPSA) is 29.3 Å². The zero-order valence-electron chi connectivity index (χ0n) is 10.6. The molecule has 0 saturated carbocycles. The van der Waals surface area contributed by atoms with E-state index in [0.29, 0.717) is 12.6 Å². The molecule has 0 spiro atoms. The summed E-state index contributed by atoms with van der Waals surface area (Å²) in [5, 5.41) is 0.785. The molecule has 1 aromatic carbocycles. The van der Waals surface area contributed by atoms with Crippen LogP contribution in [0.25, 0.3) is 0 Å². The van der Waals surface area contributed by atoms with Gasteiger partial charge in [0.15, 0.2) is 0 Å². The summed E-state index contributed by atoms with van der Waals surface area (Å²) in [6.07, 6.45) is 0. The fourth-order valence-corrected chi connectivity index (χ4v) is 2.74. The molecule has 1 heterocycles. The molecule has 17 heavy (non-hydrogen) atoms. The molecule has 3 heteroatoms. The zero-order valence-corrected chi connectivity index (χ0v) is 11.3. The minimum absolute atomic E-state index is 0.333. The molecule has 3 atom stereocenters. The molecule has 1 aromatic rings. The highest BCUT2D eigenvalue weighted by Crippen LogP contribution is 2.30. The fourth-order valence-electron chi connectivity index (χ4n) is 2.61. The molecule has 0 aliphatic carbocycles. The van der Waals surface area contributed by atoms with Crippen LogP contribution < -0.4 is 5.73 Å². The van der Waals surface area contributed by atoms with Crippen molar-refractivity contribution in [2.24, 2.45) is 17.6 Å². The second-order valence-electron chi connectivity index (χ2n) is 5.21. The van der Waals surface area contributed by atoms with Crippen molar-refractivity contribution in [3.05, 3.63) is 34.9 Å². The largest absolute Gasteiger partial charge is 0.329 e. The van der Waals surface area contributed by atoms with Gasteiger partial charge in [-0.1, -0.05) is 37.6 Å². The molecule has 1 aliphatic rings. The Hall–Kier alpha value is -0.570. The van der Waals surface area contributed by atoms with E-state index in [1.165, 1.54) is 5.56 Å². The van der Waals surface area contributed by atoms with Crippen molar-refractivity contribution >= 4 is 11.6 Å². The molecule has 1 aliphatic heterocycles. The lowest BCUT2D eigenvalue weighted by atomic mass is 10.0. The second kappa shape index (κ2) is 5.38. The third-order valence-electron chi connectivity index (χ3n) is 3.94. The molecule has 3 unspecified atom stereocenters. The van der Waals surface area contributed by atoms with Crippen LogP contribution in [0.4, 0.5) is 0 Å². The monoisotopic (exact) mass is 252 g/mol. The van der Waals surface area contributed by atoms with Crippen molar-refractivity contribution < 1.29 is 0 Å². The van der Waals surface area contributed by atoms with E-state index in [2.05, 4.69) is 30.9 Å². The van der Waals surface area contributed by atoms with Gasteiger partial charge in [0.05, 0.1) is 0 Å². The van der Waals surface area contributed by atoms with E-state index in [0.717, 1.165) is 29.9 Å². The van der Waals surface area contributed by atoms with Gasteiger partial charge in [0.2, 0.25) is 0 Å². The van der Waals surface area contributed by atoms with Gasteiger partial charge in [0.25, 0.3) is 0 Å². The summed E-state index contributed by atoms with van der Waals surface area (Å²) in [6.45, 7) is 7.60. The van der Waals surface area contributed by atoms with E-state index >= 15 is 0 Å². The Bertz CT molecular complexity index is 353. The van der Waals surface area contributed by atoms with Gasteiger partial charge in [-0.3, -0.25) is 4.90 Å². The van der Waals surface area contributed by atoms with Crippen LogP contribution in [0.5, 0.6) is 0 Å². The smallest absolute Gasteiger partial charge is 0.0470 e. The normalized spacial score (nSPS) is 27.3. The predicted octanol–water partition coefficient (Wildman–Crippen LogP) is 2.93. The van der Waals surface area contributed by atoms with Gasteiger partial charge < -0.3 is 5.73 Å². The van der Waals surface area contributed by atoms with Crippen molar-refractivity contribution in [3.8, 4) is 0 Å². The predicted molar refractivity (Wildman–Crippen MR) is 73.1 cm³/mol. The summed E-state index contributed by atoms with van der Waals surface area (Å²) in [5.41, 5.74) is 7.22. The maximum atomic E-state index is 5.94. The van der Waals surface area contributed by atoms with Gasteiger partial charge in [0.1, 0.15) is 0 Å². The minimum Gasteiger partial charge on any atom is -0.329 e. The molecule has 0 bridgehead atoms. The number of likely N-dealkylation sites (tertiary alicyclic amines) is 1. The lowest BCUT2D eigenvalue weighted by molar-refractivity contribution is 0.240. The van der Waals surface area contributed by atoms with Crippen molar-refractivity contribution in [3.63, 3.8) is 0 Å². The Morgan fingerprint density at radius 3 is 2.24 bits per heavy atom. The van der Waals surface area contributed by atoms with E-state index < -0.39 is 0 Å². The summed E-state index contributed by atoms with van der Waals surface area (Å²) < 4.78 is 0. The Morgan fingerprint density at radius 1 is 1.24 bits per heavy atom. The number of hydrogen-bond donors (Lipinski definition) is 1. The number of nitrogens with zero attached hydrogens (tertiary/aromatic N) is 1. The molecular formula is C14H21ClN2. The quantitative estimate of drug-likeness (QED) is 0.896. The van der Waals surface area contributed by atoms with Gasteiger partial charge in [-0.2, -0.15) is 0 Å². The van der Waals surface area contributed by atoms with Crippen LogP contribution in [0, 0.1) is 11.8 Å². The maximum Gasteiger partial charge on any atom is 0.0470 e. The zero-order chi connectivity index (χ0) is 12.4. The Kier molecular flexibility index (Phi) is 4.08. The van der Waals surface area contributed by atoms with Crippen molar-refractivity contribution in [1.82, 2.24) is 4.90 Å². The van der Waals surface area contributed by atoms with E-state index in [1.807, 2.05) is 12.1 Å². The molecule has 0 amide bonds. The molecule has 2 nitrogen and oxygen atoms in total. The van der Waals surface area contributed by atoms with Crippen LogP contribution in [0.3, 0.4) is 0 Å². The number of rotatable bonds is 3. The van der Waals surface area contributed by atoms with E-state index in [1.54, 1.807) is 0 Å². The van der Waals surface area contributed by atoms with E-state index in [4.69, 9.17) is 17.3 Å². The van der Waals surface area contributed by atoms with Gasteiger partial charge >= 0.3 is 0 Å². The average Bonchev–Trinajstić information content (AvgIpc) is 2.63. The first-order valence-corrected chi connectivity index (χ1v) is 6.69. The Morgan fingerprint density at radius 2 is 1.76 bits per heavy atom. The first-order valence-electron chi connectivity index (χ1n) is 6.31. The lowest BCUT2D eigenvalue weighted by Crippen LogP contribution is -2.32. The maximum absolute atomic E-state index is 5.94. The summed E-state index contributed by atoms with van der Waals surface area (Å²) >= 11 is 5.92. The average molecular weight is 253 g/mol. The highest BCUT2D eigenvalue weighted by atomic mass is 35.5. The van der Waals surface area contributed by atoms with Crippen LogP contribution in [-0.4, -0.2) is 24.5 Å². The number of benzene rings is 1. The molecule has 0 aromatic heterocycles. The summed E-state index contributed by atoms with van der Waals surface area (Å²) in [5.74, 6) is 1.52. The Balaban J connectivity index is 2.14.